The van der Waals surface area contributed by atoms with Gasteiger partial charge in [0.05, 0.1) is 12.8 Å². The van der Waals surface area contributed by atoms with Crippen LogP contribution in [0.4, 0.5) is 5.69 Å². The van der Waals surface area contributed by atoms with Crippen LogP contribution in [-0.2, 0) is 14.4 Å². The molecule has 2 heterocycles. The van der Waals surface area contributed by atoms with Gasteiger partial charge in [0, 0.05) is 10.0 Å². The van der Waals surface area contributed by atoms with E-state index in [1.54, 1.807) is 24.3 Å². The topological polar surface area (TPSA) is 68.2 Å². The quantitative estimate of drug-likeness (QED) is 0.742. The van der Waals surface area contributed by atoms with Crippen LogP contribution in [0.25, 0.3) is 0 Å². The highest BCUT2D eigenvalue weighted by Crippen LogP contribution is 2.38. The summed E-state index contributed by atoms with van der Waals surface area (Å²) in [5, 5.41) is 3.99. The number of imide groups is 1. The third kappa shape index (κ3) is 2.42. The molecule has 0 radical (unpaired) electrons. The van der Waals surface area contributed by atoms with Crippen LogP contribution in [0.3, 0.4) is 0 Å². The van der Waals surface area contributed by atoms with Crippen LogP contribution in [0.2, 0.25) is 0 Å². The largest absolute Gasteiger partial charge is 0.495 e. The number of hydrogen-bond donors (Lipinski definition) is 0. The molecule has 1 fully saturated rings. The predicted molar refractivity (Wildman–Crippen MR) is 94.5 cm³/mol. The molecule has 126 valence electrons. The summed E-state index contributed by atoms with van der Waals surface area (Å²) in [6.45, 7) is 0. The summed E-state index contributed by atoms with van der Waals surface area (Å²) >= 11 is 3.37. The van der Waals surface area contributed by atoms with Crippen molar-refractivity contribution in [2.45, 2.75) is 6.10 Å². The normalized spacial score (nSPS) is 21.8. The van der Waals surface area contributed by atoms with Crippen LogP contribution in [0, 0.1) is 5.92 Å². The molecule has 0 bridgehead atoms. The number of amides is 2. The van der Waals surface area contributed by atoms with E-state index in [4.69, 9.17) is 9.57 Å². The van der Waals surface area contributed by atoms with Gasteiger partial charge in [-0.25, -0.2) is 4.90 Å². The molecule has 6 nitrogen and oxygen atoms in total. The van der Waals surface area contributed by atoms with Gasteiger partial charge < -0.3 is 9.57 Å². The minimum absolute atomic E-state index is 0.362. The molecule has 2 aliphatic heterocycles. The van der Waals surface area contributed by atoms with Crippen LogP contribution in [0.15, 0.2) is 58.2 Å². The predicted octanol–water partition coefficient (Wildman–Crippen LogP) is 2.75. The number of halogens is 1. The zero-order valence-corrected chi connectivity index (χ0v) is 14.8. The molecule has 2 aromatic carbocycles. The van der Waals surface area contributed by atoms with Crippen molar-refractivity contribution < 1.29 is 19.2 Å². The molecule has 7 heteroatoms. The molecule has 0 N–H and O–H groups in total. The maximum Gasteiger partial charge on any atom is 0.279 e. The molecule has 4 rings (SSSR count). The lowest BCUT2D eigenvalue weighted by Gasteiger charge is -2.18. The van der Waals surface area contributed by atoms with Gasteiger partial charge >= 0.3 is 0 Å². The Kier molecular flexibility index (Phi) is 3.80. The smallest absolute Gasteiger partial charge is 0.279 e. The van der Waals surface area contributed by atoms with Crippen molar-refractivity contribution >= 4 is 39.1 Å². The van der Waals surface area contributed by atoms with Crippen molar-refractivity contribution in [1.29, 1.82) is 0 Å². The number of hydrogen-bond acceptors (Lipinski definition) is 5. The number of ether oxygens (including phenoxy) is 1. The Hall–Kier alpha value is -2.67. The molecule has 0 aromatic heterocycles. The zero-order chi connectivity index (χ0) is 17.6. The summed E-state index contributed by atoms with van der Waals surface area (Å²) < 4.78 is 6.19. The first-order valence-electron chi connectivity index (χ1n) is 7.62. The van der Waals surface area contributed by atoms with Gasteiger partial charge in [-0.2, -0.15) is 0 Å². The SMILES string of the molecule is COc1ccccc1N1C(=O)[C@H]2C(c3ccc(Br)cc3)=NO[C@@H]2C1=O. The second-order valence-corrected chi connectivity index (χ2v) is 6.59. The Labute approximate surface area is 152 Å². The van der Waals surface area contributed by atoms with Crippen molar-refractivity contribution in [3.05, 3.63) is 58.6 Å². The van der Waals surface area contributed by atoms with E-state index in [2.05, 4.69) is 21.1 Å². The van der Waals surface area contributed by atoms with Gasteiger partial charge in [0.25, 0.3) is 5.91 Å². The molecule has 2 atom stereocenters. The second kappa shape index (κ2) is 6.00. The molecule has 0 aliphatic carbocycles. The van der Waals surface area contributed by atoms with E-state index in [9.17, 15) is 9.59 Å². The highest BCUT2D eigenvalue weighted by Gasteiger charge is 2.56. The average Bonchev–Trinajstić information content (AvgIpc) is 3.16. The summed E-state index contributed by atoms with van der Waals surface area (Å²) in [5.74, 6) is -1.10. The fourth-order valence-corrected chi connectivity index (χ4v) is 3.35. The summed E-state index contributed by atoms with van der Waals surface area (Å²) in [4.78, 5) is 32.2. The van der Waals surface area contributed by atoms with Gasteiger partial charge in [0.15, 0.2) is 0 Å². The van der Waals surface area contributed by atoms with Gasteiger partial charge in [0.2, 0.25) is 12.0 Å². The van der Waals surface area contributed by atoms with Gasteiger partial charge in [-0.15, -0.1) is 0 Å². The summed E-state index contributed by atoms with van der Waals surface area (Å²) in [7, 11) is 1.50. The number of methoxy groups -OCH3 is 1. The lowest BCUT2D eigenvalue weighted by atomic mass is 9.94. The highest BCUT2D eigenvalue weighted by molar-refractivity contribution is 9.10. The number of carbonyl (C=O) groups excluding carboxylic acids is 2. The molecule has 2 amide bonds. The Morgan fingerprint density at radius 2 is 1.80 bits per heavy atom. The number of nitrogens with zero attached hydrogens (tertiary/aromatic N) is 2. The summed E-state index contributed by atoms with van der Waals surface area (Å²) in [6, 6.07) is 14.3. The number of rotatable bonds is 3. The molecule has 25 heavy (non-hydrogen) atoms. The van der Waals surface area contributed by atoms with Gasteiger partial charge in [-0.05, 0) is 24.3 Å². The molecule has 0 unspecified atom stereocenters. The minimum atomic E-state index is -0.934. The number of benzene rings is 2. The van der Waals surface area contributed by atoms with E-state index in [0.29, 0.717) is 17.1 Å². The van der Waals surface area contributed by atoms with Crippen molar-refractivity contribution in [2.75, 3.05) is 12.0 Å². The third-order valence-electron chi connectivity index (χ3n) is 4.28. The Morgan fingerprint density at radius 3 is 2.52 bits per heavy atom. The van der Waals surface area contributed by atoms with Crippen LogP contribution in [-0.4, -0.2) is 30.7 Å². The standard InChI is InChI=1S/C18H13BrN2O4/c1-24-13-5-3-2-4-12(13)21-17(22)14-15(20-25-16(14)18(21)23)10-6-8-11(19)9-7-10/h2-9,14,16H,1H3/t14-,16-/m0/s1. The van der Waals surface area contributed by atoms with E-state index >= 15 is 0 Å². The van der Waals surface area contributed by atoms with Crippen LogP contribution >= 0.6 is 15.9 Å². The zero-order valence-electron chi connectivity index (χ0n) is 13.2. The van der Waals surface area contributed by atoms with Gasteiger partial charge in [0.1, 0.15) is 17.4 Å². The van der Waals surface area contributed by atoms with E-state index in [1.165, 1.54) is 7.11 Å². The number of fused-ring (bicyclic) bond motifs is 1. The molecule has 2 aliphatic rings. The second-order valence-electron chi connectivity index (χ2n) is 5.67. The Bertz CT molecular complexity index is 894. The lowest BCUT2D eigenvalue weighted by molar-refractivity contribution is -0.126. The maximum atomic E-state index is 13.0. The van der Waals surface area contributed by atoms with Gasteiger partial charge in [-0.1, -0.05) is 45.4 Å². The molecule has 2 aromatic rings. The molecular formula is C18H13BrN2O4. The molecule has 0 spiro atoms. The number of carbonyl (C=O) groups is 2. The summed E-state index contributed by atoms with van der Waals surface area (Å²) in [5.41, 5.74) is 1.63. The maximum absolute atomic E-state index is 13.0. The minimum Gasteiger partial charge on any atom is -0.495 e. The van der Waals surface area contributed by atoms with E-state index in [1.807, 2.05) is 24.3 Å². The molecule has 0 saturated carbocycles. The Balaban J connectivity index is 1.72. The number of oxime groups is 1. The molecular weight excluding hydrogens is 388 g/mol. The van der Waals surface area contributed by atoms with Crippen LogP contribution in [0.5, 0.6) is 5.75 Å². The third-order valence-corrected chi connectivity index (χ3v) is 4.81. The van der Waals surface area contributed by atoms with E-state index in [-0.39, 0.29) is 5.91 Å². The first kappa shape index (κ1) is 15.8. The number of anilines is 1. The van der Waals surface area contributed by atoms with Crippen LogP contribution in [0.1, 0.15) is 5.56 Å². The molecule has 1 saturated heterocycles. The Morgan fingerprint density at radius 1 is 1.08 bits per heavy atom. The number of para-hydroxylation sites is 2. The summed E-state index contributed by atoms with van der Waals surface area (Å²) in [6.07, 6.45) is -0.934. The van der Waals surface area contributed by atoms with Crippen molar-refractivity contribution in [1.82, 2.24) is 0 Å². The average molecular weight is 401 g/mol. The van der Waals surface area contributed by atoms with Crippen molar-refractivity contribution in [3.63, 3.8) is 0 Å². The van der Waals surface area contributed by atoms with Crippen LogP contribution < -0.4 is 9.64 Å². The fourth-order valence-electron chi connectivity index (χ4n) is 3.09. The first-order chi connectivity index (χ1) is 12.1. The first-order valence-corrected chi connectivity index (χ1v) is 8.41. The highest BCUT2D eigenvalue weighted by atomic mass is 79.9. The monoisotopic (exact) mass is 400 g/mol. The van der Waals surface area contributed by atoms with Gasteiger partial charge in [-0.3, -0.25) is 9.59 Å². The lowest BCUT2D eigenvalue weighted by Crippen LogP contribution is -2.33. The van der Waals surface area contributed by atoms with Crippen molar-refractivity contribution in [2.24, 2.45) is 11.1 Å². The van der Waals surface area contributed by atoms with Crippen molar-refractivity contribution in [3.8, 4) is 5.75 Å². The van der Waals surface area contributed by atoms with E-state index < -0.39 is 17.9 Å². The fraction of sp³-hybridized carbons (Fsp3) is 0.167. The van der Waals surface area contributed by atoms with E-state index in [0.717, 1.165) is 14.9 Å².